The number of likely N-dealkylation sites (tertiary alicyclic amines) is 1. The maximum atomic E-state index is 13.0. The Morgan fingerprint density at radius 1 is 1.26 bits per heavy atom. The lowest BCUT2D eigenvalue weighted by molar-refractivity contribution is -0.247. The fourth-order valence-electron chi connectivity index (χ4n) is 5.29. The summed E-state index contributed by atoms with van der Waals surface area (Å²) in [5, 5.41) is 22.5. The Morgan fingerprint density at radius 2 is 1.97 bits per heavy atom. The van der Waals surface area contributed by atoms with Crippen molar-refractivity contribution in [2.45, 2.75) is 95.2 Å². The summed E-state index contributed by atoms with van der Waals surface area (Å²) in [4.78, 5) is 28.9. The SMILES string of the molecule is CO[C@@H]1O[C@H](CN(C)C(=O)C2CCC(NCC(=O)N3CCC[C@H]3C#N)CC2)C[C@H]1OC(C)(C)O. The van der Waals surface area contributed by atoms with Crippen LogP contribution in [0.2, 0.25) is 0 Å². The minimum Gasteiger partial charge on any atom is -0.366 e. The van der Waals surface area contributed by atoms with Gasteiger partial charge in [0.25, 0.3) is 0 Å². The summed E-state index contributed by atoms with van der Waals surface area (Å²) in [5.41, 5.74) is 0. The van der Waals surface area contributed by atoms with Crippen LogP contribution in [-0.2, 0) is 23.8 Å². The topological polar surface area (TPSA) is 124 Å². The van der Waals surface area contributed by atoms with Gasteiger partial charge in [-0.2, -0.15) is 5.26 Å². The molecule has 4 atom stereocenters. The normalized spacial score (nSPS) is 31.9. The van der Waals surface area contributed by atoms with E-state index in [0.29, 0.717) is 19.5 Å². The summed E-state index contributed by atoms with van der Waals surface area (Å²) in [6, 6.07) is 2.12. The number of methoxy groups -OCH3 is 1. The Balaban J connectivity index is 1.39. The number of rotatable bonds is 9. The van der Waals surface area contributed by atoms with Gasteiger partial charge >= 0.3 is 0 Å². The van der Waals surface area contributed by atoms with Crippen molar-refractivity contribution < 1.29 is 28.9 Å². The molecule has 2 heterocycles. The summed E-state index contributed by atoms with van der Waals surface area (Å²) < 4.78 is 16.9. The van der Waals surface area contributed by atoms with Gasteiger partial charge < -0.3 is 34.4 Å². The Bertz CT molecular complexity index is 743. The highest BCUT2D eigenvalue weighted by atomic mass is 16.7. The van der Waals surface area contributed by atoms with E-state index < -0.39 is 18.2 Å². The van der Waals surface area contributed by atoms with Crippen molar-refractivity contribution in [1.29, 1.82) is 5.26 Å². The molecule has 0 bridgehead atoms. The van der Waals surface area contributed by atoms with Crippen LogP contribution in [0.3, 0.4) is 0 Å². The molecule has 10 heteroatoms. The first-order chi connectivity index (χ1) is 16.1. The van der Waals surface area contributed by atoms with Crippen molar-refractivity contribution in [3.05, 3.63) is 0 Å². The lowest BCUT2D eigenvalue weighted by Gasteiger charge is -2.32. The number of nitriles is 1. The van der Waals surface area contributed by atoms with Crippen molar-refractivity contribution in [2.75, 3.05) is 33.8 Å². The van der Waals surface area contributed by atoms with Gasteiger partial charge in [0, 0.05) is 45.6 Å². The van der Waals surface area contributed by atoms with E-state index in [0.717, 1.165) is 38.5 Å². The van der Waals surface area contributed by atoms with Crippen LogP contribution in [0.4, 0.5) is 0 Å². The van der Waals surface area contributed by atoms with Crippen LogP contribution in [0, 0.1) is 17.2 Å². The number of carbonyl (C=O) groups is 2. The number of amides is 2. The molecule has 2 N–H and O–H groups in total. The second-order valence-electron chi connectivity index (χ2n) is 10.2. The number of hydrogen-bond acceptors (Lipinski definition) is 8. The molecule has 1 saturated carbocycles. The molecule has 3 fully saturated rings. The molecule has 3 aliphatic rings. The highest BCUT2D eigenvalue weighted by Gasteiger charge is 2.40. The average molecular weight is 481 g/mol. The van der Waals surface area contributed by atoms with Crippen LogP contribution in [0.1, 0.15) is 58.8 Å². The third-order valence-electron chi connectivity index (χ3n) is 6.99. The van der Waals surface area contributed by atoms with Gasteiger partial charge in [0.15, 0.2) is 12.1 Å². The second-order valence-corrected chi connectivity index (χ2v) is 10.2. The number of aliphatic hydroxyl groups is 1. The van der Waals surface area contributed by atoms with Gasteiger partial charge in [0.05, 0.1) is 18.7 Å². The molecule has 1 aliphatic carbocycles. The second kappa shape index (κ2) is 11.8. The maximum absolute atomic E-state index is 13.0. The van der Waals surface area contributed by atoms with E-state index in [1.54, 1.807) is 30.7 Å². The van der Waals surface area contributed by atoms with E-state index >= 15 is 0 Å². The monoisotopic (exact) mass is 480 g/mol. The standard InChI is InChI=1S/C24H40N4O6/c1-24(2,31)34-20-12-19(33-23(20)32-4)15-27(3)22(30)16-7-9-17(10-8-16)26-14-21(29)28-11-5-6-18(28)13-25/h16-20,23,26,31H,5-12,14-15H2,1-4H3/t16?,17?,18-,19-,20+,23+/m0/s1. The van der Waals surface area contributed by atoms with Crippen molar-refractivity contribution in [3.8, 4) is 6.07 Å². The largest absolute Gasteiger partial charge is 0.366 e. The number of hydrogen-bond donors (Lipinski definition) is 2. The number of ether oxygens (including phenoxy) is 3. The smallest absolute Gasteiger partial charge is 0.237 e. The van der Waals surface area contributed by atoms with Gasteiger partial charge in [0.2, 0.25) is 11.8 Å². The first-order valence-electron chi connectivity index (χ1n) is 12.4. The Labute approximate surface area is 202 Å². The third kappa shape index (κ3) is 7.12. The van der Waals surface area contributed by atoms with Crippen molar-refractivity contribution >= 4 is 11.8 Å². The van der Waals surface area contributed by atoms with Crippen LogP contribution in [-0.4, -0.2) is 96.9 Å². The van der Waals surface area contributed by atoms with E-state index in [4.69, 9.17) is 14.2 Å². The molecular weight excluding hydrogens is 440 g/mol. The zero-order chi connectivity index (χ0) is 24.9. The van der Waals surface area contributed by atoms with Crippen LogP contribution in [0.5, 0.6) is 0 Å². The number of carbonyl (C=O) groups excluding carboxylic acids is 2. The number of nitrogens with one attached hydrogen (secondary N) is 1. The first kappa shape index (κ1) is 26.8. The summed E-state index contributed by atoms with van der Waals surface area (Å²) in [7, 11) is 3.33. The lowest BCUT2D eigenvalue weighted by atomic mass is 9.85. The zero-order valence-electron chi connectivity index (χ0n) is 20.9. The van der Waals surface area contributed by atoms with Gasteiger partial charge in [0.1, 0.15) is 12.1 Å². The maximum Gasteiger partial charge on any atom is 0.237 e. The summed E-state index contributed by atoms with van der Waals surface area (Å²) >= 11 is 0. The van der Waals surface area contributed by atoms with E-state index in [1.165, 1.54) is 7.11 Å². The minimum atomic E-state index is -1.29. The molecule has 0 spiro atoms. The van der Waals surface area contributed by atoms with E-state index in [9.17, 15) is 20.0 Å². The molecule has 192 valence electrons. The van der Waals surface area contributed by atoms with Crippen LogP contribution in [0.25, 0.3) is 0 Å². The highest BCUT2D eigenvalue weighted by molar-refractivity contribution is 5.79. The van der Waals surface area contributed by atoms with Gasteiger partial charge in [-0.15, -0.1) is 0 Å². The summed E-state index contributed by atoms with van der Waals surface area (Å²) in [6.45, 7) is 4.48. The Kier molecular flexibility index (Phi) is 9.29. The predicted molar refractivity (Wildman–Crippen MR) is 123 cm³/mol. The molecule has 34 heavy (non-hydrogen) atoms. The fraction of sp³-hybridized carbons (Fsp3) is 0.875. The average Bonchev–Trinajstić information content (AvgIpc) is 3.42. The number of nitrogens with zero attached hydrogens (tertiary/aromatic N) is 3. The molecule has 2 aliphatic heterocycles. The van der Waals surface area contributed by atoms with Crippen LogP contribution < -0.4 is 5.32 Å². The van der Waals surface area contributed by atoms with Gasteiger partial charge in [-0.05, 0) is 52.4 Å². The predicted octanol–water partition coefficient (Wildman–Crippen LogP) is 0.983. The molecule has 3 rings (SSSR count). The van der Waals surface area contributed by atoms with Gasteiger partial charge in [-0.1, -0.05) is 0 Å². The van der Waals surface area contributed by atoms with Gasteiger partial charge in [-0.3, -0.25) is 9.59 Å². The van der Waals surface area contributed by atoms with Gasteiger partial charge in [-0.25, -0.2) is 0 Å². The number of likely N-dealkylation sites (N-methyl/N-ethyl adjacent to an activating group) is 1. The summed E-state index contributed by atoms with van der Waals surface area (Å²) in [5.74, 6) is -1.24. The Hall–Kier alpha value is -1.77. The fourth-order valence-corrected chi connectivity index (χ4v) is 5.29. The van der Waals surface area contributed by atoms with Crippen molar-refractivity contribution in [1.82, 2.24) is 15.1 Å². The molecule has 0 radical (unpaired) electrons. The zero-order valence-corrected chi connectivity index (χ0v) is 20.9. The van der Waals surface area contributed by atoms with Crippen LogP contribution in [0.15, 0.2) is 0 Å². The minimum absolute atomic E-state index is 0.0141. The molecule has 0 aromatic carbocycles. The summed E-state index contributed by atoms with van der Waals surface area (Å²) in [6.07, 6.45) is 4.21. The molecule has 0 unspecified atom stereocenters. The quantitative estimate of drug-likeness (QED) is 0.468. The molecular formula is C24H40N4O6. The lowest BCUT2D eigenvalue weighted by Crippen LogP contribution is -2.45. The Morgan fingerprint density at radius 3 is 2.59 bits per heavy atom. The van der Waals surface area contributed by atoms with Crippen molar-refractivity contribution in [2.24, 2.45) is 5.92 Å². The van der Waals surface area contributed by atoms with E-state index in [1.807, 2.05) is 0 Å². The highest BCUT2D eigenvalue weighted by Crippen LogP contribution is 2.29. The molecule has 2 amide bonds. The third-order valence-corrected chi connectivity index (χ3v) is 6.99. The molecule has 10 nitrogen and oxygen atoms in total. The molecule has 0 aromatic rings. The first-order valence-corrected chi connectivity index (χ1v) is 12.4. The van der Waals surface area contributed by atoms with Crippen LogP contribution >= 0.6 is 0 Å². The molecule has 0 aromatic heterocycles. The van der Waals surface area contributed by atoms with E-state index in [-0.39, 0.29) is 42.5 Å². The van der Waals surface area contributed by atoms with E-state index in [2.05, 4.69) is 11.4 Å². The van der Waals surface area contributed by atoms with Crippen molar-refractivity contribution in [3.63, 3.8) is 0 Å². The molecule has 2 saturated heterocycles.